The van der Waals surface area contributed by atoms with E-state index in [1.165, 1.54) is 6.92 Å². The van der Waals surface area contributed by atoms with Crippen LogP contribution < -0.4 is 0 Å². The second kappa shape index (κ2) is 15.8. The first-order valence-corrected chi connectivity index (χ1v) is 21.3. The van der Waals surface area contributed by atoms with Gasteiger partial charge in [0.1, 0.15) is 5.92 Å². The van der Waals surface area contributed by atoms with E-state index < -0.39 is 58.6 Å². The standard InChI is InChI=1S/C43H74O13/c1-21-19-29(36-25(5)34(49-13)26(6)41(11,46)53-36)51-37(21)40(10)16-15-31(52-40)39(9)17-18-42(56-39)20-30(48-12)22(2)32(54-42)23(3)33-24(4)35(50-14)27(7)43(47,55-33)28(8)38(44)45/h21-37,46-47H,15-20H2,1-14H3,(H,44,45). The Morgan fingerprint density at radius 2 is 1.38 bits per heavy atom. The van der Waals surface area contributed by atoms with E-state index in [1.54, 1.807) is 35.2 Å². The lowest BCUT2D eigenvalue weighted by Crippen LogP contribution is -2.65. The van der Waals surface area contributed by atoms with Crippen molar-refractivity contribution in [2.45, 2.75) is 198 Å². The lowest BCUT2D eigenvalue weighted by atomic mass is 9.71. The van der Waals surface area contributed by atoms with E-state index in [9.17, 15) is 20.1 Å². The molecule has 0 aliphatic carbocycles. The van der Waals surface area contributed by atoms with Gasteiger partial charge in [-0.05, 0) is 59.3 Å². The minimum atomic E-state index is -1.93. The third-order valence-corrected chi connectivity index (χ3v) is 15.9. The Bertz CT molecular complexity index is 1400. The number of hydrogen-bond donors (Lipinski definition) is 3. The maximum Gasteiger partial charge on any atom is 0.311 e. The zero-order chi connectivity index (χ0) is 41.5. The number of carbonyl (C=O) groups is 1. The number of aliphatic carboxylic acids is 1. The maximum atomic E-state index is 12.2. The maximum absolute atomic E-state index is 12.2. The Kier molecular flexibility index (Phi) is 12.6. The largest absolute Gasteiger partial charge is 0.481 e. The van der Waals surface area contributed by atoms with Gasteiger partial charge in [0.25, 0.3) is 0 Å². The monoisotopic (exact) mass is 799 g/mol. The van der Waals surface area contributed by atoms with Crippen LogP contribution in [0.15, 0.2) is 0 Å². The number of hydrogen-bond acceptors (Lipinski definition) is 12. The molecule has 13 nitrogen and oxygen atoms in total. The molecule has 22 atom stereocenters. The number of methoxy groups -OCH3 is 3. The molecule has 1 spiro atoms. The van der Waals surface area contributed by atoms with E-state index in [-0.39, 0.29) is 78.2 Å². The molecule has 0 amide bonds. The highest BCUT2D eigenvalue weighted by molar-refractivity contribution is 5.70. The molecule has 0 saturated carbocycles. The molecule has 0 radical (unpaired) electrons. The van der Waals surface area contributed by atoms with Crippen LogP contribution >= 0.6 is 0 Å². The molecular formula is C43H74O13. The van der Waals surface area contributed by atoms with Crippen molar-refractivity contribution in [3.05, 3.63) is 0 Å². The van der Waals surface area contributed by atoms with Gasteiger partial charge in [-0.25, -0.2) is 0 Å². The molecule has 6 rings (SSSR count). The Labute approximate surface area is 335 Å². The summed E-state index contributed by atoms with van der Waals surface area (Å²) in [5.74, 6) is -7.48. The van der Waals surface area contributed by atoms with Crippen molar-refractivity contribution in [1.29, 1.82) is 0 Å². The number of ether oxygens (including phenoxy) is 9. The molecule has 6 aliphatic rings. The fourth-order valence-corrected chi connectivity index (χ4v) is 12.2. The van der Waals surface area contributed by atoms with Gasteiger partial charge in [-0.2, -0.15) is 0 Å². The molecular weight excluding hydrogens is 724 g/mol. The van der Waals surface area contributed by atoms with Crippen molar-refractivity contribution >= 4 is 5.97 Å². The summed E-state index contributed by atoms with van der Waals surface area (Å²) < 4.78 is 59.0. The summed E-state index contributed by atoms with van der Waals surface area (Å²) in [6.45, 7) is 21.8. The minimum absolute atomic E-state index is 0.0382. The first kappa shape index (κ1) is 44.6. The normalized spacial score (nSPS) is 55.0. The third-order valence-electron chi connectivity index (χ3n) is 15.9. The van der Waals surface area contributed by atoms with Gasteiger partial charge in [-0.1, -0.05) is 48.5 Å². The van der Waals surface area contributed by atoms with Crippen molar-refractivity contribution in [1.82, 2.24) is 0 Å². The van der Waals surface area contributed by atoms with E-state index in [0.29, 0.717) is 12.8 Å². The lowest BCUT2D eigenvalue weighted by molar-refractivity contribution is -0.366. The first-order valence-electron chi connectivity index (χ1n) is 21.3. The van der Waals surface area contributed by atoms with Crippen molar-refractivity contribution in [3.63, 3.8) is 0 Å². The Morgan fingerprint density at radius 1 is 0.750 bits per heavy atom. The smallest absolute Gasteiger partial charge is 0.311 e. The number of carboxylic acids is 1. The van der Waals surface area contributed by atoms with Gasteiger partial charge in [0, 0.05) is 69.7 Å². The van der Waals surface area contributed by atoms with E-state index in [1.807, 2.05) is 13.8 Å². The van der Waals surface area contributed by atoms with Crippen LogP contribution in [-0.4, -0.2) is 126 Å². The van der Waals surface area contributed by atoms with Gasteiger partial charge < -0.3 is 58.0 Å². The molecule has 22 unspecified atom stereocenters. The van der Waals surface area contributed by atoms with Gasteiger partial charge in [0.15, 0.2) is 17.4 Å². The van der Waals surface area contributed by atoms with Crippen molar-refractivity contribution in [2.24, 2.45) is 47.3 Å². The minimum Gasteiger partial charge on any atom is -0.481 e. The Hall–Kier alpha value is -0.970. The average molecular weight is 799 g/mol. The molecule has 56 heavy (non-hydrogen) atoms. The first-order chi connectivity index (χ1) is 26.0. The van der Waals surface area contributed by atoms with E-state index in [0.717, 1.165) is 25.7 Å². The van der Waals surface area contributed by atoms with Gasteiger partial charge >= 0.3 is 5.97 Å². The van der Waals surface area contributed by atoms with Crippen LogP contribution in [0.2, 0.25) is 0 Å². The molecule has 0 aromatic carbocycles. The summed E-state index contributed by atoms with van der Waals surface area (Å²) in [5, 5.41) is 33.0. The zero-order valence-electron chi connectivity index (χ0n) is 36.5. The van der Waals surface area contributed by atoms with E-state index in [4.69, 9.17) is 42.6 Å². The highest BCUT2D eigenvalue weighted by Gasteiger charge is 2.63. The topological polar surface area (TPSA) is 161 Å². The van der Waals surface area contributed by atoms with Crippen LogP contribution in [0.3, 0.4) is 0 Å². The predicted octanol–water partition coefficient (Wildman–Crippen LogP) is 5.55. The van der Waals surface area contributed by atoms with Crippen LogP contribution in [-0.2, 0) is 47.4 Å². The fraction of sp³-hybridized carbons (Fsp3) is 0.977. The number of carboxylic acid groups (broad SMARTS) is 1. The van der Waals surface area contributed by atoms with Crippen LogP contribution in [0.25, 0.3) is 0 Å². The lowest BCUT2D eigenvalue weighted by Gasteiger charge is -2.55. The predicted molar refractivity (Wildman–Crippen MR) is 205 cm³/mol. The summed E-state index contributed by atoms with van der Waals surface area (Å²) in [5.41, 5.74) is -1.17. The van der Waals surface area contributed by atoms with Crippen molar-refractivity contribution < 1.29 is 62.7 Å². The van der Waals surface area contributed by atoms with Gasteiger partial charge in [-0.3, -0.25) is 4.79 Å². The highest BCUT2D eigenvalue weighted by atomic mass is 16.7. The fourth-order valence-electron chi connectivity index (χ4n) is 12.2. The molecule has 6 saturated heterocycles. The van der Waals surface area contributed by atoms with Crippen LogP contribution in [0.4, 0.5) is 0 Å². The molecule has 6 heterocycles. The summed E-state index contributed by atoms with van der Waals surface area (Å²) in [4.78, 5) is 12.2. The Morgan fingerprint density at radius 3 is 1.98 bits per heavy atom. The number of rotatable bonds is 10. The van der Waals surface area contributed by atoms with Gasteiger partial charge in [-0.15, -0.1) is 0 Å². The quantitative estimate of drug-likeness (QED) is 0.253. The van der Waals surface area contributed by atoms with Gasteiger partial charge in [0.2, 0.25) is 0 Å². The summed E-state index contributed by atoms with van der Waals surface area (Å²) in [7, 11) is 5.02. The molecule has 13 heteroatoms. The van der Waals surface area contributed by atoms with Crippen LogP contribution in [0, 0.1) is 47.3 Å². The third kappa shape index (κ3) is 7.43. The summed E-state index contributed by atoms with van der Waals surface area (Å²) in [6.07, 6.45) is 1.78. The van der Waals surface area contributed by atoms with Gasteiger partial charge in [0.05, 0.1) is 66.1 Å². The summed E-state index contributed by atoms with van der Waals surface area (Å²) in [6, 6.07) is 0. The molecule has 6 aliphatic heterocycles. The Balaban J connectivity index is 1.17. The second-order valence-corrected chi connectivity index (χ2v) is 19.6. The van der Waals surface area contributed by atoms with Crippen molar-refractivity contribution in [3.8, 4) is 0 Å². The SMILES string of the molecule is COC1CC2(CCC(C)(C3CCC(C)(C4OC(C5OC(C)(O)C(C)C(OC)C5C)CC4C)O3)O2)OC(C(C)C2OC(O)(C(C)C(=O)O)C(C)C(OC)C2C)C1C. The molecule has 324 valence electrons. The molecule has 0 aromatic rings. The van der Waals surface area contributed by atoms with Crippen molar-refractivity contribution in [2.75, 3.05) is 21.3 Å². The summed E-state index contributed by atoms with van der Waals surface area (Å²) >= 11 is 0. The second-order valence-electron chi connectivity index (χ2n) is 19.6. The van der Waals surface area contributed by atoms with Crippen LogP contribution in [0.5, 0.6) is 0 Å². The van der Waals surface area contributed by atoms with Crippen LogP contribution in [0.1, 0.15) is 115 Å². The highest BCUT2D eigenvalue weighted by Crippen LogP contribution is 2.55. The van der Waals surface area contributed by atoms with E-state index in [2.05, 4.69) is 41.5 Å². The number of aliphatic hydroxyl groups is 2. The average Bonchev–Trinajstić information content (AvgIpc) is 3.84. The zero-order valence-corrected chi connectivity index (χ0v) is 36.5. The molecule has 6 fully saturated rings. The molecule has 3 N–H and O–H groups in total. The van der Waals surface area contributed by atoms with E-state index >= 15 is 0 Å². The molecule has 0 aromatic heterocycles. The molecule has 0 bridgehead atoms.